The highest BCUT2D eigenvalue weighted by molar-refractivity contribution is 5.91. The maximum Gasteiger partial charge on any atom is 0.293 e. The summed E-state index contributed by atoms with van der Waals surface area (Å²) in [4.78, 5) is 16.0. The summed E-state index contributed by atoms with van der Waals surface area (Å²) in [6.45, 7) is 3.70. The first-order chi connectivity index (χ1) is 8.79. The average molecular weight is 252 g/mol. The first-order valence-electron chi connectivity index (χ1n) is 6.73. The number of nitrogens with zero attached hydrogens (tertiary/aromatic N) is 2. The summed E-state index contributed by atoms with van der Waals surface area (Å²) in [5.41, 5.74) is 0. The summed E-state index contributed by atoms with van der Waals surface area (Å²) in [6.07, 6.45) is 5.27. The summed E-state index contributed by atoms with van der Waals surface area (Å²) < 4.78 is 10.3. The van der Waals surface area contributed by atoms with Crippen molar-refractivity contribution in [3.63, 3.8) is 0 Å². The molecule has 2 heterocycles. The maximum absolute atomic E-state index is 11.9. The van der Waals surface area contributed by atoms with E-state index in [1.165, 1.54) is 0 Å². The lowest BCUT2D eigenvalue weighted by Crippen LogP contribution is -2.05. The Kier molecular flexibility index (Phi) is 4.87. The van der Waals surface area contributed by atoms with Crippen molar-refractivity contribution in [2.24, 2.45) is 5.92 Å². The van der Waals surface area contributed by atoms with Crippen LogP contribution in [0, 0.1) is 5.92 Å². The fourth-order valence-corrected chi connectivity index (χ4v) is 2.06. The minimum absolute atomic E-state index is 0.0443. The van der Waals surface area contributed by atoms with Crippen molar-refractivity contribution >= 4 is 5.78 Å². The molecule has 100 valence electrons. The fraction of sp³-hybridized carbons (Fsp3) is 0.769. The van der Waals surface area contributed by atoms with Gasteiger partial charge in [0.05, 0.1) is 0 Å². The van der Waals surface area contributed by atoms with Crippen LogP contribution in [0.3, 0.4) is 0 Å². The predicted octanol–water partition coefficient (Wildman–Crippen LogP) is 2.41. The Morgan fingerprint density at radius 2 is 2.39 bits per heavy atom. The van der Waals surface area contributed by atoms with Crippen LogP contribution in [0.5, 0.6) is 0 Å². The van der Waals surface area contributed by atoms with Crippen LogP contribution >= 0.6 is 0 Å². The number of hydrogen-bond donors (Lipinski definition) is 0. The van der Waals surface area contributed by atoms with Crippen LogP contribution in [0.15, 0.2) is 4.52 Å². The summed E-state index contributed by atoms with van der Waals surface area (Å²) in [5.74, 6) is 1.28. The SMILES string of the molecule is CCCCc1noc(C(=O)CCC2CCOC2)n1. The number of aryl methyl sites for hydroxylation is 1. The van der Waals surface area contributed by atoms with Gasteiger partial charge < -0.3 is 9.26 Å². The molecule has 1 aromatic rings. The molecule has 5 heteroatoms. The van der Waals surface area contributed by atoms with Gasteiger partial charge in [0.15, 0.2) is 5.82 Å². The molecule has 5 nitrogen and oxygen atoms in total. The quantitative estimate of drug-likeness (QED) is 0.697. The highest BCUT2D eigenvalue weighted by Gasteiger charge is 2.20. The van der Waals surface area contributed by atoms with Crippen molar-refractivity contribution in [3.05, 3.63) is 11.7 Å². The lowest BCUT2D eigenvalue weighted by Gasteiger charge is -2.03. The van der Waals surface area contributed by atoms with E-state index in [9.17, 15) is 4.79 Å². The van der Waals surface area contributed by atoms with Crippen molar-refractivity contribution in [2.75, 3.05) is 13.2 Å². The standard InChI is InChI=1S/C13H20N2O3/c1-2-3-4-12-14-13(18-15-12)11(16)6-5-10-7-8-17-9-10/h10H,2-9H2,1H3. The molecule has 18 heavy (non-hydrogen) atoms. The summed E-state index contributed by atoms with van der Waals surface area (Å²) in [7, 11) is 0. The van der Waals surface area contributed by atoms with Crippen molar-refractivity contribution in [2.45, 2.75) is 45.4 Å². The van der Waals surface area contributed by atoms with Gasteiger partial charge >= 0.3 is 0 Å². The number of carbonyl (C=O) groups excluding carboxylic acids is 1. The smallest absolute Gasteiger partial charge is 0.293 e. The van der Waals surface area contributed by atoms with Gasteiger partial charge in [-0.1, -0.05) is 18.5 Å². The number of aromatic nitrogens is 2. The van der Waals surface area contributed by atoms with Crippen LogP contribution < -0.4 is 0 Å². The van der Waals surface area contributed by atoms with Crippen LogP contribution in [0.4, 0.5) is 0 Å². The Morgan fingerprint density at radius 1 is 1.50 bits per heavy atom. The monoisotopic (exact) mass is 252 g/mol. The van der Waals surface area contributed by atoms with Crippen LogP contribution in [0.1, 0.15) is 55.5 Å². The van der Waals surface area contributed by atoms with Crippen LogP contribution in [0.25, 0.3) is 0 Å². The third kappa shape index (κ3) is 3.63. The van der Waals surface area contributed by atoms with Gasteiger partial charge in [-0.25, -0.2) is 0 Å². The van der Waals surface area contributed by atoms with Crippen molar-refractivity contribution < 1.29 is 14.1 Å². The molecular weight excluding hydrogens is 232 g/mol. The Labute approximate surface area is 107 Å². The maximum atomic E-state index is 11.9. The Bertz CT molecular complexity index is 383. The fourth-order valence-electron chi connectivity index (χ4n) is 2.06. The molecule has 1 aliphatic rings. The van der Waals surface area contributed by atoms with Gasteiger partial charge in [-0.05, 0) is 25.2 Å². The minimum atomic E-state index is -0.0443. The van der Waals surface area contributed by atoms with Crippen LogP contribution in [-0.4, -0.2) is 29.1 Å². The number of ketones is 1. The third-order valence-electron chi connectivity index (χ3n) is 3.26. The van der Waals surface area contributed by atoms with Gasteiger partial charge in [-0.2, -0.15) is 4.98 Å². The van der Waals surface area contributed by atoms with E-state index in [1.54, 1.807) is 0 Å². The number of hydrogen-bond acceptors (Lipinski definition) is 5. The highest BCUT2D eigenvalue weighted by Crippen LogP contribution is 2.19. The normalized spacial score (nSPS) is 19.3. The molecule has 0 amide bonds. The topological polar surface area (TPSA) is 65.2 Å². The number of rotatable bonds is 7. The van der Waals surface area contributed by atoms with Gasteiger partial charge in [-0.15, -0.1) is 0 Å². The van der Waals surface area contributed by atoms with Gasteiger partial charge in [0, 0.05) is 26.1 Å². The molecule has 0 radical (unpaired) electrons. The van der Waals surface area contributed by atoms with Crippen LogP contribution in [-0.2, 0) is 11.2 Å². The lowest BCUT2D eigenvalue weighted by molar-refractivity contribution is 0.0928. The predicted molar refractivity (Wildman–Crippen MR) is 65.4 cm³/mol. The van der Waals surface area contributed by atoms with E-state index in [-0.39, 0.29) is 11.7 Å². The van der Waals surface area contributed by atoms with E-state index in [4.69, 9.17) is 9.26 Å². The second-order valence-electron chi connectivity index (χ2n) is 4.81. The molecule has 1 atom stereocenters. The van der Waals surface area contributed by atoms with Gasteiger partial charge in [0.2, 0.25) is 5.78 Å². The molecule has 1 aromatic heterocycles. The molecule has 1 unspecified atom stereocenters. The van der Waals surface area contributed by atoms with E-state index in [0.717, 1.165) is 45.3 Å². The second kappa shape index (κ2) is 6.64. The lowest BCUT2D eigenvalue weighted by atomic mass is 10.0. The molecule has 1 fully saturated rings. The zero-order chi connectivity index (χ0) is 12.8. The summed E-state index contributed by atoms with van der Waals surface area (Å²) >= 11 is 0. The molecule has 0 spiro atoms. The molecule has 1 aliphatic heterocycles. The van der Waals surface area contributed by atoms with Crippen molar-refractivity contribution in [1.82, 2.24) is 10.1 Å². The second-order valence-corrected chi connectivity index (χ2v) is 4.81. The van der Waals surface area contributed by atoms with E-state index in [2.05, 4.69) is 17.1 Å². The van der Waals surface area contributed by atoms with Gasteiger partial charge in [-0.3, -0.25) is 4.79 Å². The van der Waals surface area contributed by atoms with Crippen molar-refractivity contribution in [1.29, 1.82) is 0 Å². The number of ether oxygens (including phenoxy) is 1. The third-order valence-corrected chi connectivity index (χ3v) is 3.26. The number of Topliss-reactive ketones (excluding diaryl/α,β-unsaturated/α-hetero) is 1. The first-order valence-corrected chi connectivity index (χ1v) is 6.73. The molecule has 0 aromatic carbocycles. The molecule has 2 rings (SSSR count). The van der Waals surface area contributed by atoms with Crippen LogP contribution in [0.2, 0.25) is 0 Å². The molecule has 0 saturated carbocycles. The highest BCUT2D eigenvalue weighted by atomic mass is 16.5. The zero-order valence-electron chi connectivity index (χ0n) is 10.9. The summed E-state index contributed by atoms with van der Waals surface area (Å²) in [6, 6.07) is 0. The Balaban J connectivity index is 1.78. The van der Waals surface area contributed by atoms with Gasteiger partial charge in [0.25, 0.3) is 5.89 Å². The largest absolute Gasteiger partial charge is 0.381 e. The van der Waals surface area contributed by atoms with E-state index in [0.29, 0.717) is 18.2 Å². The minimum Gasteiger partial charge on any atom is -0.381 e. The average Bonchev–Trinajstić information content (AvgIpc) is 3.04. The molecule has 1 saturated heterocycles. The zero-order valence-corrected chi connectivity index (χ0v) is 10.9. The van der Waals surface area contributed by atoms with E-state index >= 15 is 0 Å². The molecule has 0 N–H and O–H groups in total. The first kappa shape index (κ1) is 13.2. The molecular formula is C13H20N2O3. The van der Waals surface area contributed by atoms with Crippen molar-refractivity contribution in [3.8, 4) is 0 Å². The number of carbonyl (C=O) groups is 1. The number of unbranched alkanes of at least 4 members (excludes halogenated alkanes) is 1. The Hall–Kier alpha value is -1.23. The Morgan fingerprint density at radius 3 is 3.11 bits per heavy atom. The van der Waals surface area contributed by atoms with E-state index in [1.807, 2.05) is 0 Å². The molecule has 0 aliphatic carbocycles. The van der Waals surface area contributed by atoms with E-state index < -0.39 is 0 Å². The van der Waals surface area contributed by atoms with Gasteiger partial charge in [0.1, 0.15) is 0 Å². The summed E-state index contributed by atoms with van der Waals surface area (Å²) in [5, 5.41) is 3.82. The molecule has 0 bridgehead atoms.